The predicted octanol–water partition coefficient (Wildman–Crippen LogP) is 3.95. The van der Waals surface area contributed by atoms with E-state index in [0.717, 1.165) is 35.4 Å². The number of hydrogen-bond donors (Lipinski definition) is 1. The Kier molecular flexibility index (Phi) is 5.63. The van der Waals surface area contributed by atoms with Gasteiger partial charge in [-0.3, -0.25) is 4.79 Å². The van der Waals surface area contributed by atoms with Crippen molar-refractivity contribution >= 4 is 51.5 Å². The number of hydrogen-bond acceptors (Lipinski definition) is 3. The van der Waals surface area contributed by atoms with Crippen LogP contribution in [0.2, 0.25) is 5.02 Å². The van der Waals surface area contributed by atoms with Gasteiger partial charge in [-0.1, -0.05) is 23.7 Å². The number of piperazine rings is 1. The molecule has 1 aliphatic heterocycles. The molecule has 3 rings (SSSR count). The van der Waals surface area contributed by atoms with Gasteiger partial charge in [-0.05, 0) is 60.0 Å². The van der Waals surface area contributed by atoms with E-state index in [1.54, 1.807) is 0 Å². The van der Waals surface area contributed by atoms with E-state index in [1.807, 2.05) is 42.5 Å². The van der Waals surface area contributed by atoms with Gasteiger partial charge < -0.3 is 15.1 Å². The molecule has 0 aliphatic carbocycles. The summed E-state index contributed by atoms with van der Waals surface area (Å²) >= 11 is 8.62. The van der Waals surface area contributed by atoms with Crippen molar-refractivity contribution in [2.24, 2.45) is 0 Å². The van der Waals surface area contributed by atoms with Crippen molar-refractivity contribution < 1.29 is 4.79 Å². The molecule has 2 aromatic rings. The third-order valence-corrected chi connectivity index (χ3v) is 5.41. The maximum Gasteiger partial charge on any atom is 0.256 e. The Hall–Kier alpha value is -1.31. The molecule has 0 aromatic heterocycles. The summed E-state index contributed by atoms with van der Waals surface area (Å²) < 4.78 is 0.924. The summed E-state index contributed by atoms with van der Waals surface area (Å²) in [6.07, 6.45) is 0. The summed E-state index contributed by atoms with van der Waals surface area (Å²) in [5.74, 6) is -0.122. The molecule has 24 heavy (non-hydrogen) atoms. The van der Waals surface area contributed by atoms with Crippen LogP contribution >= 0.6 is 34.2 Å². The van der Waals surface area contributed by atoms with Crippen LogP contribution in [0.15, 0.2) is 42.5 Å². The van der Waals surface area contributed by atoms with Gasteiger partial charge in [-0.15, -0.1) is 0 Å². The molecular weight excluding hydrogens is 437 g/mol. The van der Waals surface area contributed by atoms with Gasteiger partial charge in [0.05, 0.1) is 16.3 Å². The van der Waals surface area contributed by atoms with Crippen LogP contribution in [-0.4, -0.2) is 44.0 Å². The van der Waals surface area contributed by atoms with Gasteiger partial charge in [0.2, 0.25) is 0 Å². The lowest BCUT2D eigenvalue weighted by Crippen LogP contribution is -2.44. The van der Waals surface area contributed by atoms with E-state index < -0.39 is 0 Å². The van der Waals surface area contributed by atoms with Crippen molar-refractivity contribution in [2.75, 3.05) is 43.4 Å². The second-order valence-corrected chi connectivity index (χ2v) is 7.46. The standard InChI is InChI=1S/C18H19ClIN3O/c1-22-8-10-23(11-9-22)17-7-6-13(12-15(17)19)21-18(24)14-4-2-3-5-16(14)20/h2-7,12H,8-11H2,1H3,(H,21,24). The number of carbonyl (C=O) groups is 1. The molecule has 0 unspecified atom stereocenters. The molecule has 2 aromatic carbocycles. The molecule has 1 fully saturated rings. The fourth-order valence-corrected chi connectivity index (χ4v) is 3.66. The predicted molar refractivity (Wildman–Crippen MR) is 108 cm³/mol. The van der Waals surface area contributed by atoms with Crippen molar-refractivity contribution in [3.8, 4) is 0 Å². The minimum absolute atomic E-state index is 0.122. The van der Waals surface area contributed by atoms with Crippen LogP contribution < -0.4 is 10.2 Å². The zero-order valence-electron chi connectivity index (χ0n) is 13.4. The molecule has 1 amide bonds. The Labute approximate surface area is 160 Å². The highest BCUT2D eigenvalue weighted by molar-refractivity contribution is 14.1. The quantitative estimate of drug-likeness (QED) is 0.712. The van der Waals surface area contributed by atoms with Crippen LogP contribution in [0.4, 0.5) is 11.4 Å². The molecule has 0 atom stereocenters. The molecule has 126 valence electrons. The fourth-order valence-electron chi connectivity index (χ4n) is 2.73. The molecule has 1 aliphatic rings. The highest BCUT2D eigenvalue weighted by Gasteiger charge is 2.17. The Morgan fingerprint density at radius 1 is 1.12 bits per heavy atom. The smallest absolute Gasteiger partial charge is 0.256 e. The molecule has 1 N–H and O–H groups in total. The second kappa shape index (κ2) is 7.72. The summed E-state index contributed by atoms with van der Waals surface area (Å²) in [5, 5.41) is 3.59. The first kappa shape index (κ1) is 17.5. The topological polar surface area (TPSA) is 35.6 Å². The van der Waals surface area contributed by atoms with E-state index in [1.165, 1.54) is 0 Å². The third kappa shape index (κ3) is 4.02. The number of benzene rings is 2. The summed E-state index contributed by atoms with van der Waals surface area (Å²) in [5.41, 5.74) is 2.40. The first-order valence-electron chi connectivity index (χ1n) is 7.83. The normalized spacial score (nSPS) is 15.4. The highest BCUT2D eigenvalue weighted by atomic mass is 127. The van der Waals surface area contributed by atoms with Gasteiger partial charge in [-0.2, -0.15) is 0 Å². The minimum atomic E-state index is -0.122. The summed E-state index contributed by atoms with van der Waals surface area (Å²) in [6.45, 7) is 3.98. The maximum atomic E-state index is 12.4. The van der Waals surface area contributed by atoms with Crippen molar-refractivity contribution in [1.29, 1.82) is 0 Å². The molecule has 6 heteroatoms. The molecule has 1 saturated heterocycles. The summed E-state index contributed by atoms with van der Waals surface area (Å²) in [7, 11) is 2.13. The van der Waals surface area contributed by atoms with E-state index in [9.17, 15) is 4.79 Å². The van der Waals surface area contributed by atoms with Crippen molar-refractivity contribution in [3.63, 3.8) is 0 Å². The number of halogens is 2. The second-order valence-electron chi connectivity index (χ2n) is 5.89. The first-order chi connectivity index (χ1) is 11.5. The molecular formula is C18H19ClIN3O. The number of likely N-dealkylation sites (N-methyl/N-ethyl adjacent to an activating group) is 1. The lowest BCUT2D eigenvalue weighted by molar-refractivity contribution is 0.102. The highest BCUT2D eigenvalue weighted by Crippen LogP contribution is 2.30. The zero-order valence-corrected chi connectivity index (χ0v) is 16.3. The van der Waals surface area contributed by atoms with Crippen LogP contribution in [0, 0.1) is 3.57 Å². The number of nitrogens with one attached hydrogen (secondary N) is 1. The van der Waals surface area contributed by atoms with Gasteiger partial charge >= 0.3 is 0 Å². The van der Waals surface area contributed by atoms with Crippen LogP contribution in [0.25, 0.3) is 0 Å². The number of anilines is 2. The summed E-state index contributed by atoms with van der Waals surface area (Å²) in [6, 6.07) is 13.2. The van der Waals surface area contributed by atoms with E-state index in [2.05, 4.69) is 44.8 Å². The number of rotatable bonds is 3. The SMILES string of the molecule is CN1CCN(c2ccc(NC(=O)c3ccccc3I)cc2Cl)CC1. The van der Waals surface area contributed by atoms with Crippen LogP contribution in [0.5, 0.6) is 0 Å². The average Bonchev–Trinajstić information content (AvgIpc) is 2.56. The van der Waals surface area contributed by atoms with Crippen molar-refractivity contribution in [1.82, 2.24) is 4.90 Å². The Balaban J connectivity index is 1.73. The molecule has 4 nitrogen and oxygen atoms in total. The lowest BCUT2D eigenvalue weighted by Gasteiger charge is -2.34. The molecule has 0 spiro atoms. The largest absolute Gasteiger partial charge is 0.368 e. The molecule has 0 saturated carbocycles. The number of carbonyl (C=O) groups excluding carboxylic acids is 1. The van der Waals surface area contributed by atoms with Crippen LogP contribution in [0.3, 0.4) is 0 Å². The van der Waals surface area contributed by atoms with Crippen molar-refractivity contribution in [3.05, 3.63) is 56.6 Å². The number of nitrogens with zero attached hydrogens (tertiary/aromatic N) is 2. The third-order valence-electron chi connectivity index (χ3n) is 4.17. The minimum Gasteiger partial charge on any atom is -0.368 e. The van der Waals surface area contributed by atoms with E-state index in [4.69, 9.17) is 11.6 Å². The molecule has 0 bridgehead atoms. The Morgan fingerprint density at radius 2 is 1.83 bits per heavy atom. The average molecular weight is 456 g/mol. The van der Waals surface area contributed by atoms with Crippen molar-refractivity contribution in [2.45, 2.75) is 0 Å². The van der Waals surface area contributed by atoms with Gasteiger partial charge in [0, 0.05) is 35.4 Å². The van der Waals surface area contributed by atoms with Crippen LogP contribution in [0.1, 0.15) is 10.4 Å². The monoisotopic (exact) mass is 455 g/mol. The fraction of sp³-hybridized carbons (Fsp3) is 0.278. The lowest BCUT2D eigenvalue weighted by atomic mass is 10.2. The Bertz CT molecular complexity index is 745. The first-order valence-corrected chi connectivity index (χ1v) is 9.29. The molecule has 0 radical (unpaired) electrons. The van der Waals surface area contributed by atoms with Crippen LogP contribution in [-0.2, 0) is 0 Å². The van der Waals surface area contributed by atoms with Gasteiger partial charge in [0.15, 0.2) is 0 Å². The van der Waals surface area contributed by atoms with Gasteiger partial charge in [0.25, 0.3) is 5.91 Å². The Morgan fingerprint density at radius 3 is 2.50 bits per heavy atom. The zero-order chi connectivity index (χ0) is 17.1. The molecule has 1 heterocycles. The summed E-state index contributed by atoms with van der Waals surface area (Å²) in [4.78, 5) is 17.0. The number of amides is 1. The van der Waals surface area contributed by atoms with Gasteiger partial charge in [-0.25, -0.2) is 0 Å². The maximum absolute atomic E-state index is 12.4. The van der Waals surface area contributed by atoms with E-state index in [-0.39, 0.29) is 5.91 Å². The van der Waals surface area contributed by atoms with E-state index >= 15 is 0 Å². The van der Waals surface area contributed by atoms with E-state index in [0.29, 0.717) is 16.3 Å². The van der Waals surface area contributed by atoms with Gasteiger partial charge in [0.1, 0.15) is 0 Å².